The Morgan fingerprint density at radius 1 is 1.57 bits per heavy atom. The van der Waals surface area contributed by atoms with Gasteiger partial charge in [0.1, 0.15) is 11.5 Å². The van der Waals surface area contributed by atoms with Gasteiger partial charge in [-0.15, -0.1) is 0 Å². The van der Waals surface area contributed by atoms with Gasteiger partial charge in [-0.1, -0.05) is 23.3 Å². The Labute approximate surface area is 141 Å². The zero-order valence-corrected chi connectivity index (χ0v) is 14.4. The molecule has 0 radical (unpaired) electrons. The molecule has 1 aliphatic rings. The van der Waals surface area contributed by atoms with E-state index in [-0.39, 0.29) is 28.8 Å². The average molecular weight is 340 g/mol. The summed E-state index contributed by atoms with van der Waals surface area (Å²) in [6.45, 7) is 7.30. The standard InChI is InChI=1S/C16H22ClN3O3/c1-10(2)4-7-23-14-5-6-22-9-13(14)20-16(21)15-12(17)8-18-11(3)19-15/h4,8,13-14H,5-7,9H2,1-3H3,(H,20,21)/t13-,14+/m0/s1. The first-order valence-corrected chi connectivity index (χ1v) is 7.98. The molecule has 1 aromatic heterocycles. The number of hydrogen-bond donors (Lipinski definition) is 1. The van der Waals surface area contributed by atoms with Crippen molar-refractivity contribution in [2.75, 3.05) is 19.8 Å². The van der Waals surface area contributed by atoms with Gasteiger partial charge in [0.05, 0.1) is 36.6 Å². The second-order valence-corrected chi connectivity index (χ2v) is 6.12. The van der Waals surface area contributed by atoms with E-state index in [1.165, 1.54) is 11.8 Å². The number of aromatic nitrogens is 2. The van der Waals surface area contributed by atoms with E-state index in [1.807, 2.05) is 19.9 Å². The Kier molecular flexibility index (Phi) is 6.50. The molecule has 0 bridgehead atoms. The second-order valence-electron chi connectivity index (χ2n) is 5.71. The highest BCUT2D eigenvalue weighted by molar-refractivity contribution is 6.33. The van der Waals surface area contributed by atoms with E-state index < -0.39 is 0 Å². The summed E-state index contributed by atoms with van der Waals surface area (Å²) in [4.78, 5) is 20.5. The molecule has 7 heteroatoms. The first-order valence-electron chi connectivity index (χ1n) is 7.60. The summed E-state index contributed by atoms with van der Waals surface area (Å²) in [7, 11) is 0. The molecule has 1 amide bonds. The van der Waals surface area contributed by atoms with Crippen molar-refractivity contribution in [3.05, 3.63) is 34.4 Å². The van der Waals surface area contributed by atoms with E-state index in [9.17, 15) is 4.79 Å². The number of halogens is 1. The molecule has 0 saturated carbocycles. The van der Waals surface area contributed by atoms with Crippen molar-refractivity contribution < 1.29 is 14.3 Å². The fourth-order valence-corrected chi connectivity index (χ4v) is 2.42. The van der Waals surface area contributed by atoms with E-state index in [2.05, 4.69) is 15.3 Å². The molecule has 0 aromatic carbocycles. The fraction of sp³-hybridized carbons (Fsp3) is 0.562. The molecular weight excluding hydrogens is 318 g/mol. The van der Waals surface area contributed by atoms with Gasteiger partial charge in [0, 0.05) is 6.61 Å². The van der Waals surface area contributed by atoms with Crippen LogP contribution in [0, 0.1) is 6.92 Å². The van der Waals surface area contributed by atoms with Crippen LogP contribution in [-0.4, -0.2) is 47.8 Å². The lowest BCUT2D eigenvalue weighted by Crippen LogP contribution is -2.50. The van der Waals surface area contributed by atoms with E-state index >= 15 is 0 Å². The van der Waals surface area contributed by atoms with Crippen LogP contribution < -0.4 is 5.32 Å². The normalized spacial score (nSPS) is 20.9. The third kappa shape index (κ3) is 5.27. The molecule has 1 N–H and O–H groups in total. The van der Waals surface area contributed by atoms with Gasteiger partial charge in [0.2, 0.25) is 0 Å². The molecule has 2 atom stereocenters. The van der Waals surface area contributed by atoms with Crippen molar-refractivity contribution >= 4 is 17.5 Å². The van der Waals surface area contributed by atoms with Gasteiger partial charge in [-0.3, -0.25) is 4.79 Å². The van der Waals surface area contributed by atoms with Crippen LogP contribution >= 0.6 is 11.6 Å². The van der Waals surface area contributed by atoms with E-state index in [1.54, 1.807) is 6.92 Å². The lowest BCUT2D eigenvalue weighted by Gasteiger charge is -2.31. The van der Waals surface area contributed by atoms with Crippen molar-refractivity contribution in [1.29, 1.82) is 0 Å². The Balaban J connectivity index is 2.01. The van der Waals surface area contributed by atoms with Gasteiger partial charge < -0.3 is 14.8 Å². The van der Waals surface area contributed by atoms with E-state index in [0.717, 1.165) is 6.42 Å². The molecule has 2 rings (SSSR count). The summed E-state index contributed by atoms with van der Waals surface area (Å²) in [5.74, 6) is 0.155. The van der Waals surface area contributed by atoms with Crippen LogP contribution in [0.4, 0.5) is 0 Å². The predicted octanol–water partition coefficient (Wildman–Crippen LogP) is 2.31. The molecule has 2 heterocycles. The maximum atomic E-state index is 12.4. The van der Waals surface area contributed by atoms with Crippen molar-refractivity contribution in [3.8, 4) is 0 Å². The highest BCUT2D eigenvalue weighted by Gasteiger charge is 2.29. The summed E-state index contributed by atoms with van der Waals surface area (Å²) in [5.41, 5.74) is 1.37. The maximum absolute atomic E-state index is 12.4. The zero-order valence-electron chi connectivity index (χ0n) is 13.6. The number of hydrogen-bond acceptors (Lipinski definition) is 5. The topological polar surface area (TPSA) is 73.3 Å². The molecule has 1 fully saturated rings. The number of nitrogens with zero attached hydrogens (tertiary/aromatic N) is 2. The molecule has 1 aliphatic heterocycles. The lowest BCUT2D eigenvalue weighted by atomic mass is 10.1. The second kappa shape index (κ2) is 8.38. The Bertz CT molecular complexity index is 588. The third-order valence-electron chi connectivity index (χ3n) is 3.49. The number of allylic oxidation sites excluding steroid dienone is 1. The van der Waals surface area contributed by atoms with Crippen LogP contribution in [0.15, 0.2) is 17.8 Å². The lowest BCUT2D eigenvalue weighted by molar-refractivity contribution is -0.0457. The molecule has 23 heavy (non-hydrogen) atoms. The summed E-state index contributed by atoms with van der Waals surface area (Å²) < 4.78 is 11.3. The highest BCUT2D eigenvalue weighted by atomic mass is 35.5. The smallest absolute Gasteiger partial charge is 0.271 e. The largest absolute Gasteiger partial charge is 0.379 e. The van der Waals surface area contributed by atoms with Crippen LogP contribution in [0.1, 0.15) is 36.6 Å². The maximum Gasteiger partial charge on any atom is 0.271 e. The first-order chi connectivity index (χ1) is 11.0. The van der Waals surface area contributed by atoms with Gasteiger partial charge in [-0.25, -0.2) is 9.97 Å². The molecule has 1 aromatic rings. The first kappa shape index (κ1) is 17.8. The summed E-state index contributed by atoms with van der Waals surface area (Å²) in [6.07, 6.45) is 4.08. The summed E-state index contributed by atoms with van der Waals surface area (Å²) >= 11 is 6.01. The molecule has 126 valence electrons. The minimum Gasteiger partial charge on any atom is -0.379 e. The molecule has 6 nitrogen and oxygen atoms in total. The van der Waals surface area contributed by atoms with Gasteiger partial charge in [-0.2, -0.15) is 0 Å². The van der Waals surface area contributed by atoms with Gasteiger partial charge in [0.15, 0.2) is 0 Å². The summed E-state index contributed by atoms with van der Waals surface area (Å²) in [6, 6.07) is -0.229. The van der Waals surface area contributed by atoms with Crippen molar-refractivity contribution in [3.63, 3.8) is 0 Å². The van der Waals surface area contributed by atoms with Crippen molar-refractivity contribution in [2.45, 2.75) is 39.3 Å². The predicted molar refractivity (Wildman–Crippen MR) is 87.6 cm³/mol. The summed E-state index contributed by atoms with van der Waals surface area (Å²) in [5, 5.41) is 3.14. The monoisotopic (exact) mass is 339 g/mol. The van der Waals surface area contributed by atoms with Crippen molar-refractivity contribution in [2.24, 2.45) is 0 Å². The van der Waals surface area contributed by atoms with Crippen LogP contribution in [0.5, 0.6) is 0 Å². The highest BCUT2D eigenvalue weighted by Crippen LogP contribution is 2.16. The van der Waals surface area contributed by atoms with Crippen LogP contribution in [0.3, 0.4) is 0 Å². The Hall–Kier alpha value is -1.50. The van der Waals surface area contributed by atoms with Gasteiger partial charge in [-0.05, 0) is 27.2 Å². The molecule has 1 saturated heterocycles. The number of aryl methyl sites for hydroxylation is 1. The van der Waals surface area contributed by atoms with Crippen LogP contribution in [0.25, 0.3) is 0 Å². The molecule has 0 spiro atoms. The SMILES string of the molecule is CC(C)=CCO[C@@H]1CCOC[C@@H]1NC(=O)c1nc(C)ncc1Cl. The zero-order chi connectivity index (χ0) is 16.8. The Morgan fingerprint density at radius 3 is 3.09 bits per heavy atom. The number of nitrogens with one attached hydrogen (secondary N) is 1. The van der Waals surface area contributed by atoms with Crippen LogP contribution in [0.2, 0.25) is 5.02 Å². The quantitative estimate of drug-likeness (QED) is 0.833. The van der Waals surface area contributed by atoms with E-state index in [0.29, 0.717) is 25.6 Å². The van der Waals surface area contributed by atoms with Gasteiger partial charge >= 0.3 is 0 Å². The Morgan fingerprint density at radius 2 is 2.35 bits per heavy atom. The van der Waals surface area contributed by atoms with E-state index in [4.69, 9.17) is 21.1 Å². The van der Waals surface area contributed by atoms with Gasteiger partial charge in [0.25, 0.3) is 5.91 Å². The minimum absolute atomic E-state index is 0.0926. The average Bonchev–Trinajstić information content (AvgIpc) is 2.51. The molecule has 0 aliphatic carbocycles. The number of amides is 1. The number of carbonyl (C=O) groups is 1. The molecule has 0 unspecified atom stereocenters. The fourth-order valence-electron chi connectivity index (χ4n) is 2.24. The van der Waals surface area contributed by atoms with Crippen molar-refractivity contribution in [1.82, 2.24) is 15.3 Å². The molecular formula is C16H22ClN3O3. The van der Waals surface area contributed by atoms with Crippen LogP contribution in [-0.2, 0) is 9.47 Å². The number of ether oxygens (including phenoxy) is 2. The number of carbonyl (C=O) groups excluding carboxylic acids is 1. The third-order valence-corrected chi connectivity index (χ3v) is 3.77. The number of rotatable bonds is 5. The minimum atomic E-state index is -0.341.